The first kappa shape index (κ1) is 10.5. The Morgan fingerprint density at radius 3 is 3.12 bits per heavy atom. The number of ether oxygens (including phenoxy) is 1. The summed E-state index contributed by atoms with van der Waals surface area (Å²) in [4.78, 5) is 15.6. The fourth-order valence-electron chi connectivity index (χ4n) is 2.27. The smallest absolute Gasteiger partial charge is 0.183 e. The van der Waals surface area contributed by atoms with E-state index < -0.39 is 0 Å². The van der Waals surface area contributed by atoms with Crippen LogP contribution in [-0.4, -0.2) is 27.8 Å². The lowest BCUT2D eigenvalue weighted by atomic mass is 9.96. The monoisotopic (exact) mass is 233 g/mol. The number of nitrogens with zero attached hydrogens (tertiary/aromatic N) is 2. The summed E-state index contributed by atoms with van der Waals surface area (Å²) in [6.45, 7) is 1.70. The highest BCUT2D eigenvalue weighted by Gasteiger charge is 2.16. The predicted molar refractivity (Wildman–Crippen MR) is 63.1 cm³/mol. The second-order valence-electron chi connectivity index (χ2n) is 4.52. The number of rotatable bonds is 2. The molecule has 3 heterocycles. The van der Waals surface area contributed by atoms with Crippen LogP contribution in [0.4, 0.5) is 0 Å². The van der Waals surface area contributed by atoms with E-state index in [4.69, 9.17) is 4.74 Å². The summed E-state index contributed by atoms with van der Waals surface area (Å²) in [7, 11) is 0. The van der Waals surface area contributed by atoms with Crippen molar-refractivity contribution in [3.05, 3.63) is 34.4 Å². The molecule has 5 heteroatoms. The third-order valence-electron chi connectivity index (χ3n) is 3.23. The molecule has 0 aliphatic carbocycles. The SMILES string of the molecule is O=c1ccn2[nH]c(CC3CCOCC3)nc2c1. The first-order chi connectivity index (χ1) is 8.31. The molecule has 0 saturated carbocycles. The van der Waals surface area contributed by atoms with Gasteiger partial charge in [-0.3, -0.25) is 9.89 Å². The zero-order valence-electron chi connectivity index (χ0n) is 9.56. The molecule has 0 radical (unpaired) electrons. The zero-order valence-corrected chi connectivity index (χ0v) is 9.56. The van der Waals surface area contributed by atoms with Crippen LogP contribution < -0.4 is 5.43 Å². The predicted octanol–water partition coefficient (Wildman–Crippen LogP) is 0.992. The molecule has 0 unspecified atom stereocenters. The number of fused-ring (bicyclic) bond motifs is 1. The highest BCUT2D eigenvalue weighted by Crippen LogP contribution is 2.18. The summed E-state index contributed by atoms with van der Waals surface area (Å²) in [6.07, 6.45) is 4.83. The summed E-state index contributed by atoms with van der Waals surface area (Å²) in [5.41, 5.74) is 0.689. The van der Waals surface area contributed by atoms with Crippen molar-refractivity contribution in [2.75, 3.05) is 13.2 Å². The van der Waals surface area contributed by atoms with Crippen molar-refractivity contribution in [2.45, 2.75) is 19.3 Å². The minimum Gasteiger partial charge on any atom is -0.381 e. The lowest BCUT2D eigenvalue weighted by molar-refractivity contribution is 0.0660. The van der Waals surface area contributed by atoms with Gasteiger partial charge in [-0.1, -0.05) is 0 Å². The number of pyridine rings is 1. The molecule has 1 aliphatic rings. The van der Waals surface area contributed by atoms with Crippen LogP contribution >= 0.6 is 0 Å². The maximum atomic E-state index is 11.2. The van der Waals surface area contributed by atoms with Crippen molar-refractivity contribution < 1.29 is 4.74 Å². The molecule has 1 fully saturated rings. The average Bonchev–Trinajstić information content (AvgIpc) is 2.71. The van der Waals surface area contributed by atoms with E-state index in [0.29, 0.717) is 11.6 Å². The van der Waals surface area contributed by atoms with E-state index in [1.54, 1.807) is 16.8 Å². The zero-order chi connectivity index (χ0) is 11.7. The highest BCUT2D eigenvalue weighted by atomic mass is 16.5. The van der Waals surface area contributed by atoms with Gasteiger partial charge in [0.15, 0.2) is 11.1 Å². The van der Waals surface area contributed by atoms with Crippen LogP contribution in [0.15, 0.2) is 23.1 Å². The van der Waals surface area contributed by atoms with Gasteiger partial charge in [-0.15, -0.1) is 0 Å². The molecular weight excluding hydrogens is 218 g/mol. The molecule has 1 N–H and O–H groups in total. The number of aromatic amines is 1. The summed E-state index contributed by atoms with van der Waals surface area (Å²) < 4.78 is 7.12. The van der Waals surface area contributed by atoms with Crippen LogP contribution in [0.3, 0.4) is 0 Å². The first-order valence-electron chi connectivity index (χ1n) is 5.96. The van der Waals surface area contributed by atoms with Gasteiger partial charge in [-0.25, -0.2) is 9.50 Å². The fraction of sp³-hybridized carbons (Fsp3) is 0.500. The molecule has 1 saturated heterocycles. The normalized spacial score (nSPS) is 17.6. The van der Waals surface area contributed by atoms with Crippen molar-refractivity contribution >= 4 is 5.65 Å². The molecular formula is C12H15N3O2. The van der Waals surface area contributed by atoms with Crippen LogP contribution in [0.5, 0.6) is 0 Å². The molecule has 0 atom stereocenters. The minimum absolute atomic E-state index is 0.00545. The van der Waals surface area contributed by atoms with Crippen LogP contribution in [0, 0.1) is 5.92 Å². The summed E-state index contributed by atoms with van der Waals surface area (Å²) in [5.74, 6) is 1.58. The molecule has 0 amide bonds. The highest BCUT2D eigenvalue weighted by molar-refractivity contribution is 5.36. The largest absolute Gasteiger partial charge is 0.381 e. The Labute approximate surface area is 98.4 Å². The summed E-state index contributed by atoms with van der Waals surface area (Å²) in [6, 6.07) is 3.08. The Kier molecular flexibility index (Phi) is 2.68. The molecule has 17 heavy (non-hydrogen) atoms. The van der Waals surface area contributed by atoms with Gasteiger partial charge in [0.1, 0.15) is 5.82 Å². The lowest BCUT2D eigenvalue weighted by Gasteiger charge is -2.20. The van der Waals surface area contributed by atoms with Crippen molar-refractivity contribution in [2.24, 2.45) is 5.92 Å². The Morgan fingerprint density at radius 1 is 1.47 bits per heavy atom. The summed E-state index contributed by atoms with van der Waals surface area (Å²) >= 11 is 0. The third kappa shape index (κ3) is 2.24. The van der Waals surface area contributed by atoms with Gasteiger partial charge < -0.3 is 4.74 Å². The topological polar surface area (TPSA) is 59.4 Å². The van der Waals surface area contributed by atoms with Gasteiger partial charge in [-0.05, 0) is 18.8 Å². The van der Waals surface area contributed by atoms with Crippen LogP contribution in [0.2, 0.25) is 0 Å². The average molecular weight is 233 g/mol. The van der Waals surface area contributed by atoms with E-state index in [1.165, 1.54) is 6.07 Å². The van der Waals surface area contributed by atoms with Crippen molar-refractivity contribution in [1.82, 2.24) is 14.6 Å². The Balaban J connectivity index is 1.82. The van der Waals surface area contributed by atoms with E-state index in [0.717, 1.165) is 38.3 Å². The van der Waals surface area contributed by atoms with Gasteiger partial charge in [0, 0.05) is 38.0 Å². The van der Waals surface area contributed by atoms with E-state index in [2.05, 4.69) is 10.1 Å². The van der Waals surface area contributed by atoms with Gasteiger partial charge >= 0.3 is 0 Å². The molecule has 2 aromatic rings. The van der Waals surface area contributed by atoms with Crippen molar-refractivity contribution in [1.29, 1.82) is 0 Å². The number of hydrogen-bond acceptors (Lipinski definition) is 3. The molecule has 1 aliphatic heterocycles. The lowest BCUT2D eigenvalue weighted by Crippen LogP contribution is -2.18. The molecule has 90 valence electrons. The van der Waals surface area contributed by atoms with E-state index >= 15 is 0 Å². The number of hydrogen-bond donors (Lipinski definition) is 1. The standard InChI is InChI=1S/C12H15N3O2/c16-10-1-4-15-12(8-10)13-11(14-15)7-9-2-5-17-6-3-9/h1,4,8-9H,2-3,5-7H2,(H,13,14). The van der Waals surface area contributed by atoms with Gasteiger partial charge in [0.25, 0.3) is 0 Å². The van der Waals surface area contributed by atoms with Crippen LogP contribution in [0.25, 0.3) is 5.65 Å². The van der Waals surface area contributed by atoms with Crippen molar-refractivity contribution in [3.63, 3.8) is 0 Å². The second-order valence-corrected chi connectivity index (χ2v) is 4.52. The van der Waals surface area contributed by atoms with Gasteiger partial charge in [0.2, 0.25) is 0 Å². The molecule has 0 aromatic carbocycles. The minimum atomic E-state index is -0.00545. The van der Waals surface area contributed by atoms with Gasteiger partial charge in [0.05, 0.1) is 0 Å². The van der Waals surface area contributed by atoms with Crippen molar-refractivity contribution in [3.8, 4) is 0 Å². The number of aromatic nitrogens is 3. The maximum absolute atomic E-state index is 11.2. The molecule has 2 aromatic heterocycles. The molecule has 0 bridgehead atoms. The van der Waals surface area contributed by atoms with Crippen LogP contribution in [-0.2, 0) is 11.2 Å². The second kappa shape index (κ2) is 4.33. The molecule has 5 nitrogen and oxygen atoms in total. The number of nitrogens with one attached hydrogen (secondary N) is 1. The quantitative estimate of drug-likeness (QED) is 0.841. The Morgan fingerprint density at radius 2 is 2.29 bits per heavy atom. The maximum Gasteiger partial charge on any atom is 0.183 e. The third-order valence-corrected chi connectivity index (χ3v) is 3.23. The van der Waals surface area contributed by atoms with E-state index in [-0.39, 0.29) is 5.43 Å². The fourth-order valence-corrected chi connectivity index (χ4v) is 2.27. The first-order valence-corrected chi connectivity index (χ1v) is 5.96. The van der Waals surface area contributed by atoms with E-state index in [1.807, 2.05) is 0 Å². The summed E-state index contributed by atoms with van der Waals surface area (Å²) in [5, 5.41) is 3.20. The number of H-pyrrole nitrogens is 1. The molecule has 3 rings (SSSR count). The van der Waals surface area contributed by atoms with Crippen LogP contribution in [0.1, 0.15) is 18.7 Å². The Hall–Kier alpha value is -1.62. The van der Waals surface area contributed by atoms with Gasteiger partial charge in [-0.2, -0.15) is 0 Å². The molecule has 0 spiro atoms. The Bertz CT molecular complexity index is 566. The van der Waals surface area contributed by atoms with E-state index in [9.17, 15) is 4.79 Å².